The van der Waals surface area contributed by atoms with E-state index in [4.69, 9.17) is 0 Å². The van der Waals surface area contributed by atoms with Gasteiger partial charge in [0.1, 0.15) is 5.78 Å². The zero-order valence-electron chi connectivity index (χ0n) is 16.2. The first-order chi connectivity index (χ1) is 11.4. The smallest absolute Gasteiger partial charge is 0.143 e. The molecule has 1 spiro atoms. The van der Waals surface area contributed by atoms with E-state index in [-0.39, 0.29) is 5.41 Å². The molecule has 5 aliphatic carbocycles. The normalized spacial score (nSPS) is 58.7. The van der Waals surface area contributed by atoms with Crippen molar-refractivity contribution in [2.45, 2.75) is 79.1 Å². The Kier molecular flexibility index (Phi) is 3.24. The maximum Gasteiger partial charge on any atom is 0.143 e. The lowest BCUT2D eigenvalue weighted by Crippen LogP contribution is -2.40. The molecule has 1 heteroatoms. The van der Waals surface area contributed by atoms with Gasteiger partial charge < -0.3 is 0 Å². The van der Waals surface area contributed by atoms with Gasteiger partial charge in [0.05, 0.1) is 0 Å². The lowest BCUT2D eigenvalue weighted by Gasteiger charge is -2.44. The monoisotopic (exact) mass is 328 g/mol. The molecule has 9 atom stereocenters. The van der Waals surface area contributed by atoms with Gasteiger partial charge in [-0.1, -0.05) is 27.7 Å². The molecule has 5 aliphatic rings. The van der Waals surface area contributed by atoms with Gasteiger partial charge in [0.2, 0.25) is 0 Å². The fourth-order valence-corrected chi connectivity index (χ4v) is 9.29. The van der Waals surface area contributed by atoms with Crippen molar-refractivity contribution in [3.05, 3.63) is 0 Å². The van der Waals surface area contributed by atoms with Gasteiger partial charge in [-0.05, 0) is 98.2 Å². The molecule has 0 bridgehead atoms. The molecule has 0 aromatic carbocycles. The molecule has 0 saturated heterocycles. The molecular formula is C23H36O. The average Bonchev–Trinajstić information content (AvgIpc) is 3.22. The quantitative estimate of drug-likeness (QED) is 0.601. The van der Waals surface area contributed by atoms with Crippen molar-refractivity contribution in [3.8, 4) is 0 Å². The molecule has 5 saturated carbocycles. The van der Waals surface area contributed by atoms with Crippen LogP contribution in [0.2, 0.25) is 0 Å². The number of hydrogen-bond donors (Lipinski definition) is 0. The van der Waals surface area contributed by atoms with Crippen LogP contribution in [-0.2, 0) is 4.79 Å². The lowest BCUT2D eigenvalue weighted by molar-refractivity contribution is -0.133. The van der Waals surface area contributed by atoms with Gasteiger partial charge in [-0.15, -0.1) is 0 Å². The number of carbonyl (C=O) groups is 1. The highest BCUT2D eigenvalue weighted by atomic mass is 16.1. The van der Waals surface area contributed by atoms with Gasteiger partial charge in [0, 0.05) is 11.3 Å². The van der Waals surface area contributed by atoms with Crippen molar-refractivity contribution in [3.63, 3.8) is 0 Å². The van der Waals surface area contributed by atoms with E-state index in [0.29, 0.717) is 11.3 Å². The Balaban J connectivity index is 1.52. The molecule has 5 rings (SSSR count). The van der Waals surface area contributed by atoms with Gasteiger partial charge in [0.15, 0.2) is 0 Å². The van der Waals surface area contributed by atoms with Crippen molar-refractivity contribution in [1.82, 2.24) is 0 Å². The van der Waals surface area contributed by atoms with Crippen LogP contribution in [0.15, 0.2) is 0 Å². The summed E-state index contributed by atoms with van der Waals surface area (Å²) < 4.78 is 0. The van der Waals surface area contributed by atoms with E-state index in [1.807, 2.05) is 0 Å². The largest absolute Gasteiger partial charge is 0.299 e. The number of hydrogen-bond acceptors (Lipinski definition) is 1. The summed E-state index contributed by atoms with van der Waals surface area (Å²) in [5.74, 6) is 6.95. The highest BCUT2D eigenvalue weighted by molar-refractivity contribution is 5.92. The summed E-state index contributed by atoms with van der Waals surface area (Å²) in [6.07, 6.45) is 10.8. The predicted molar refractivity (Wildman–Crippen MR) is 97.4 cm³/mol. The summed E-state index contributed by atoms with van der Waals surface area (Å²) >= 11 is 0. The number of fused-ring (bicyclic) bond motifs is 3. The van der Waals surface area contributed by atoms with Crippen LogP contribution in [0, 0.1) is 58.2 Å². The van der Waals surface area contributed by atoms with Crippen LogP contribution in [0.3, 0.4) is 0 Å². The fraction of sp³-hybridized carbons (Fsp3) is 0.957. The molecular weight excluding hydrogens is 292 g/mol. The van der Waals surface area contributed by atoms with E-state index in [9.17, 15) is 4.79 Å². The van der Waals surface area contributed by atoms with Crippen molar-refractivity contribution >= 4 is 5.78 Å². The third kappa shape index (κ3) is 1.62. The summed E-state index contributed by atoms with van der Waals surface area (Å²) in [4.78, 5) is 13.8. The molecule has 0 N–H and O–H groups in total. The minimum absolute atomic E-state index is 0.105. The van der Waals surface area contributed by atoms with Crippen molar-refractivity contribution in [1.29, 1.82) is 0 Å². The third-order valence-electron chi connectivity index (χ3n) is 10.4. The van der Waals surface area contributed by atoms with Crippen LogP contribution in [0.5, 0.6) is 0 Å². The summed E-state index contributed by atoms with van der Waals surface area (Å²) in [5, 5.41) is 0. The van der Waals surface area contributed by atoms with Crippen molar-refractivity contribution in [2.24, 2.45) is 58.2 Å². The van der Waals surface area contributed by atoms with Gasteiger partial charge in [0.25, 0.3) is 0 Å². The number of rotatable bonds is 1. The zero-order chi connectivity index (χ0) is 16.9. The molecule has 5 fully saturated rings. The Morgan fingerprint density at radius 2 is 1.79 bits per heavy atom. The van der Waals surface area contributed by atoms with Crippen molar-refractivity contribution < 1.29 is 4.79 Å². The topological polar surface area (TPSA) is 17.1 Å². The summed E-state index contributed by atoms with van der Waals surface area (Å²) in [6, 6.07) is 0. The third-order valence-corrected chi connectivity index (χ3v) is 10.4. The van der Waals surface area contributed by atoms with Gasteiger partial charge >= 0.3 is 0 Å². The first-order valence-corrected chi connectivity index (χ1v) is 10.9. The Labute approximate surface area is 148 Å². The fourth-order valence-electron chi connectivity index (χ4n) is 9.29. The molecule has 0 unspecified atom stereocenters. The van der Waals surface area contributed by atoms with Crippen LogP contribution >= 0.6 is 0 Å². The first-order valence-electron chi connectivity index (χ1n) is 10.9. The van der Waals surface area contributed by atoms with E-state index in [1.165, 1.54) is 51.4 Å². The van der Waals surface area contributed by atoms with Gasteiger partial charge in [-0.25, -0.2) is 0 Å². The van der Waals surface area contributed by atoms with E-state index in [2.05, 4.69) is 27.7 Å². The summed E-state index contributed by atoms with van der Waals surface area (Å²) in [6.45, 7) is 9.82. The molecule has 0 radical (unpaired) electrons. The lowest BCUT2D eigenvalue weighted by atomic mass is 9.59. The zero-order valence-corrected chi connectivity index (χ0v) is 16.2. The minimum atomic E-state index is 0.105. The Morgan fingerprint density at radius 1 is 1.00 bits per heavy atom. The number of Topliss-reactive ketones (excluding diaryl/α,β-unsaturated/α-hetero) is 1. The molecule has 0 amide bonds. The second kappa shape index (κ2) is 4.89. The van der Waals surface area contributed by atoms with Crippen LogP contribution in [0.1, 0.15) is 79.1 Å². The second-order valence-electron chi connectivity index (χ2n) is 11.0. The van der Waals surface area contributed by atoms with Crippen LogP contribution in [0.4, 0.5) is 0 Å². The van der Waals surface area contributed by atoms with Crippen LogP contribution < -0.4 is 0 Å². The Bertz CT molecular complexity index is 564. The van der Waals surface area contributed by atoms with E-state index < -0.39 is 0 Å². The molecule has 0 heterocycles. The standard InChI is InChI=1S/C23H36O/c1-13(2)16-6-5-15-11-20-18(12-17(15)16)21(24)23-10-7-14(3)19(23)8-9-22(20,23)4/h13-20H,5-12H2,1-4H3/t14-,15-,16+,17-,18-,19+,20-,22+,23+/m1/s1. The van der Waals surface area contributed by atoms with E-state index in [0.717, 1.165) is 47.2 Å². The van der Waals surface area contributed by atoms with E-state index in [1.54, 1.807) is 0 Å². The predicted octanol–water partition coefficient (Wildman–Crippen LogP) is 5.73. The minimum Gasteiger partial charge on any atom is -0.299 e. The molecule has 1 nitrogen and oxygen atoms in total. The molecule has 0 aromatic rings. The summed E-state index contributed by atoms with van der Waals surface area (Å²) in [5.41, 5.74) is 0.457. The molecule has 134 valence electrons. The number of carbonyl (C=O) groups excluding carboxylic acids is 1. The average molecular weight is 329 g/mol. The SMILES string of the molecule is CC(C)[C@@H]1CC[C@@H]2C[C@@H]3[C@@H](C[C@H]21)C(=O)[C@]12CC[C@@H](C)[C@@H]1CC[C@@]32C. The molecule has 0 aliphatic heterocycles. The van der Waals surface area contributed by atoms with Gasteiger partial charge in [-0.2, -0.15) is 0 Å². The Hall–Kier alpha value is -0.330. The second-order valence-corrected chi connectivity index (χ2v) is 11.0. The highest BCUT2D eigenvalue weighted by Crippen LogP contribution is 2.76. The maximum absolute atomic E-state index is 13.8. The Morgan fingerprint density at radius 3 is 2.54 bits per heavy atom. The van der Waals surface area contributed by atoms with E-state index >= 15 is 0 Å². The maximum atomic E-state index is 13.8. The van der Waals surface area contributed by atoms with Crippen LogP contribution in [-0.4, -0.2) is 5.78 Å². The summed E-state index contributed by atoms with van der Waals surface area (Å²) in [7, 11) is 0. The molecule has 0 aromatic heterocycles. The number of ketones is 1. The highest BCUT2D eigenvalue weighted by Gasteiger charge is 2.74. The van der Waals surface area contributed by atoms with Crippen LogP contribution in [0.25, 0.3) is 0 Å². The van der Waals surface area contributed by atoms with Gasteiger partial charge in [-0.3, -0.25) is 4.79 Å². The first kappa shape index (κ1) is 15.9. The molecule has 24 heavy (non-hydrogen) atoms. The van der Waals surface area contributed by atoms with Crippen molar-refractivity contribution in [2.75, 3.05) is 0 Å².